The van der Waals surface area contributed by atoms with Gasteiger partial charge in [-0.3, -0.25) is 9.69 Å². The maximum Gasteiger partial charge on any atom is 0.257 e. The van der Waals surface area contributed by atoms with Crippen molar-refractivity contribution in [3.05, 3.63) is 89.6 Å². The molecule has 196 valence electrons. The van der Waals surface area contributed by atoms with Crippen LogP contribution in [0.3, 0.4) is 0 Å². The number of pyridine rings is 1. The number of hydrogen-bond acceptors (Lipinski definition) is 6. The zero-order valence-corrected chi connectivity index (χ0v) is 21.7. The lowest BCUT2D eigenvalue weighted by atomic mass is 10.1. The van der Waals surface area contributed by atoms with Gasteiger partial charge in [-0.15, -0.1) is 0 Å². The first-order chi connectivity index (χ1) is 18.1. The van der Waals surface area contributed by atoms with Crippen LogP contribution in [0.4, 0.5) is 5.82 Å². The van der Waals surface area contributed by atoms with E-state index in [4.69, 9.17) is 4.74 Å². The molecule has 0 bridgehead atoms. The molecule has 7 nitrogen and oxygen atoms in total. The van der Waals surface area contributed by atoms with Crippen LogP contribution in [0.2, 0.25) is 0 Å². The van der Waals surface area contributed by atoms with E-state index in [1.165, 1.54) is 5.56 Å². The fourth-order valence-electron chi connectivity index (χ4n) is 4.48. The summed E-state index contributed by atoms with van der Waals surface area (Å²) in [7, 11) is 0. The quantitative estimate of drug-likeness (QED) is 0.285. The first kappa shape index (κ1) is 26.6. The molecule has 1 atom stereocenters. The highest BCUT2D eigenvalue weighted by Crippen LogP contribution is 2.21. The Labute approximate surface area is 220 Å². The van der Waals surface area contributed by atoms with Crippen LogP contribution < -0.4 is 15.0 Å². The monoisotopic (exact) mass is 502 g/mol. The van der Waals surface area contributed by atoms with Gasteiger partial charge in [-0.1, -0.05) is 55.8 Å². The van der Waals surface area contributed by atoms with Crippen LogP contribution in [0.25, 0.3) is 0 Å². The zero-order chi connectivity index (χ0) is 25.9. The number of aromatic nitrogens is 1. The summed E-state index contributed by atoms with van der Waals surface area (Å²) in [5.74, 6) is 1.30. The second-order valence-corrected chi connectivity index (χ2v) is 9.50. The minimum Gasteiger partial charge on any atom is -0.494 e. The Kier molecular flexibility index (Phi) is 9.91. The Balaban J connectivity index is 1.27. The van der Waals surface area contributed by atoms with E-state index in [0.717, 1.165) is 63.5 Å². The fourth-order valence-corrected chi connectivity index (χ4v) is 4.48. The van der Waals surface area contributed by atoms with E-state index in [1.807, 2.05) is 42.5 Å². The van der Waals surface area contributed by atoms with Gasteiger partial charge < -0.3 is 20.1 Å². The number of aryl methyl sites for hydroxylation is 1. The molecule has 1 aliphatic rings. The molecule has 2 heterocycles. The van der Waals surface area contributed by atoms with E-state index in [0.29, 0.717) is 24.2 Å². The van der Waals surface area contributed by atoms with Crippen molar-refractivity contribution in [1.29, 1.82) is 0 Å². The summed E-state index contributed by atoms with van der Waals surface area (Å²) >= 11 is 0. The van der Waals surface area contributed by atoms with Gasteiger partial charge in [-0.05, 0) is 54.7 Å². The van der Waals surface area contributed by atoms with Crippen molar-refractivity contribution in [2.45, 2.75) is 45.4 Å². The van der Waals surface area contributed by atoms with Crippen molar-refractivity contribution in [3.63, 3.8) is 0 Å². The van der Waals surface area contributed by atoms with Gasteiger partial charge in [0.1, 0.15) is 17.8 Å². The Morgan fingerprint density at radius 1 is 1.00 bits per heavy atom. The Hall–Kier alpha value is -3.42. The minimum atomic E-state index is -0.916. The normalized spacial score (nSPS) is 14.8. The molecule has 3 aromatic rings. The molecule has 4 rings (SSSR count). The average molecular weight is 503 g/mol. The predicted molar refractivity (Wildman–Crippen MR) is 147 cm³/mol. The molecule has 0 saturated carbocycles. The molecular formula is C30H38N4O3. The highest BCUT2D eigenvalue weighted by molar-refractivity contribution is 5.99. The summed E-state index contributed by atoms with van der Waals surface area (Å²) in [4.78, 5) is 22.1. The first-order valence-electron chi connectivity index (χ1n) is 13.3. The van der Waals surface area contributed by atoms with Gasteiger partial charge in [0.05, 0.1) is 12.2 Å². The molecule has 0 spiro atoms. The number of nitrogens with zero attached hydrogens (tertiary/aromatic N) is 3. The molecule has 2 aromatic carbocycles. The van der Waals surface area contributed by atoms with Crippen molar-refractivity contribution in [3.8, 4) is 5.75 Å². The average Bonchev–Trinajstić information content (AvgIpc) is 2.94. The van der Waals surface area contributed by atoms with Crippen molar-refractivity contribution in [2.24, 2.45) is 0 Å². The van der Waals surface area contributed by atoms with Crippen LogP contribution in [0.15, 0.2) is 72.9 Å². The number of amides is 1. The number of unbranched alkanes of at least 4 members (excludes halogenated alkanes) is 1. The number of rotatable bonds is 12. The fraction of sp³-hybridized carbons (Fsp3) is 0.400. The SMILES string of the molecule is CCCCOc1ccc(CN2CCN(c3ncccc3C(=O)NC(O)CCc3ccccc3)CC2)cc1. The minimum absolute atomic E-state index is 0.299. The lowest BCUT2D eigenvalue weighted by molar-refractivity contribution is 0.0765. The topological polar surface area (TPSA) is 77.9 Å². The Morgan fingerprint density at radius 3 is 2.49 bits per heavy atom. The predicted octanol–water partition coefficient (Wildman–Crippen LogP) is 4.26. The molecule has 1 unspecified atom stereocenters. The maximum absolute atomic E-state index is 13.0. The number of aliphatic hydroxyl groups is 1. The van der Waals surface area contributed by atoms with Gasteiger partial charge >= 0.3 is 0 Å². The van der Waals surface area contributed by atoms with E-state index in [2.05, 4.69) is 39.2 Å². The van der Waals surface area contributed by atoms with Gasteiger partial charge in [-0.25, -0.2) is 4.98 Å². The standard InChI is InChI=1S/C30H38N4O3/c1-2-3-22-37-26-14-11-25(12-15-26)23-33-18-20-34(21-19-33)29-27(10-7-17-31-29)30(36)32-28(35)16-13-24-8-5-4-6-9-24/h4-12,14-15,17,28,35H,2-3,13,16,18-23H2,1H3,(H,32,36). The highest BCUT2D eigenvalue weighted by atomic mass is 16.5. The number of anilines is 1. The summed E-state index contributed by atoms with van der Waals surface area (Å²) in [6, 6.07) is 21.9. The lowest BCUT2D eigenvalue weighted by Crippen LogP contribution is -2.47. The van der Waals surface area contributed by atoms with Crippen LogP contribution in [-0.4, -0.2) is 59.9 Å². The summed E-state index contributed by atoms with van der Waals surface area (Å²) < 4.78 is 5.77. The second kappa shape index (κ2) is 13.8. The zero-order valence-electron chi connectivity index (χ0n) is 21.7. The molecule has 1 aromatic heterocycles. The summed E-state index contributed by atoms with van der Waals surface area (Å²) in [6.07, 6.45) is 4.15. The smallest absolute Gasteiger partial charge is 0.257 e. The molecule has 1 amide bonds. The number of piperazine rings is 1. The number of hydrogen-bond donors (Lipinski definition) is 2. The number of carbonyl (C=O) groups excluding carboxylic acids is 1. The van der Waals surface area contributed by atoms with E-state index >= 15 is 0 Å². The molecule has 7 heteroatoms. The second-order valence-electron chi connectivity index (χ2n) is 9.50. The van der Waals surface area contributed by atoms with Gasteiger partial charge in [0, 0.05) is 38.9 Å². The van der Waals surface area contributed by atoms with Gasteiger partial charge in [0.25, 0.3) is 5.91 Å². The van der Waals surface area contributed by atoms with Crippen LogP contribution >= 0.6 is 0 Å². The van der Waals surface area contributed by atoms with Crippen molar-refractivity contribution in [1.82, 2.24) is 15.2 Å². The molecule has 1 fully saturated rings. The van der Waals surface area contributed by atoms with Crippen LogP contribution in [0, 0.1) is 0 Å². The maximum atomic E-state index is 13.0. The molecule has 0 radical (unpaired) electrons. The van der Waals surface area contributed by atoms with E-state index in [-0.39, 0.29) is 5.91 Å². The van der Waals surface area contributed by atoms with E-state index in [1.54, 1.807) is 18.3 Å². The van der Waals surface area contributed by atoms with Crippen LogP contribution in [0.5, 0.6) is 5.75 Å². The molecule has 37 heavy (non-hydrogen) atoms. The third kappa shape index (κ3) is 8.03. The third-order valence-corrected chi connectivity index (χ3v) is 6.65. The largest absolute Gasteiger partial charge is 0.494 e. The third-order valence-electron chi connectivity index (χ3n) is 6.65. The van der Waals surface area contributed by atoms with Gasteiger partial charge in [0.2, 0.25) is 0 Å². The van der Waals surface area contributed by atoms with Crippen molar-refractivity contribution < 1.29 is 14.6 Å². The number of aliphatic hydroxyl groups excluding tert-OH is 1. The van der Waals surface area contributed by atoms with E-state index < -0.39 is 6.23 Å². The van der Waals surface area contributed by atoms with Crippen molar-refractivity contribution in [2.75, 3.05) is 37.7 Å². The number of nitrogens with one attached hydrogen (secondary N) is 1. The van der Waals surface area contributed by atoms with Gasteiger partial charge in [-0.2, -0.15) is 0 Å². The van der Waals surface area contributed by atoms with E-state index in [9.17, 15) is 9.90 Å². The molecule has 1 saturated heterocycles. The molecule has 1 aliphatic heterocycles. The van der Waals surface area contributed by atoms with Crippen molar-refractivity contribution >= 4 is 11.7 Å². The molecular weight excluding hydrogens is 464 g/mol. The number of carbonyl (C=O) groups is 1. The van der Waals surface area contributed by atoms with Gasteiger partial charge in [0.15, 0.2) is 0 Å². The highest BCUT2D eigenvalue weighted by Gasteiger charge is 2.23. The van der Waals surface area contributed by atoms with Crippen LogP contribution in [0.1, 0.15) is 47.7 Å². The Bertz CT molecular complexity index is 1100. The molecule has 0 aliphatic carbocycles. The van der Waals surface area contributed by atoms with Crippen LogP contribution in [-0.2, 0) is 13.0 Å². The summed E-state index contributed by atoms with van der Waals surface area (Å²) in [5, 5.41) is 13.1. The first-order valence-corrected chi connectivity index (χ1v) is 13.3. The summed E-state index contributed by atoms with van der Waals surface area (Å²) in [5.41, 5.74) is 2.89. The molecule has 2 N–H and O–H groups in total. The summed E-state index contributed by atoms with van der Waals surface area (Å²) in [6.45, 7) is 7.13. The Morgan fingerprint density at radius 2 is 1.76 bits per heavy atom. The number of benzene rings is 2. The lowest BCUT2D eigenvalue weighted by Gasteiger charge is -2.36. The number of ether oxygens (including phenoxy) is 1.